The topological polar surface area (TPSA) is 208 Å². The molecule has 1 amide bonds. The summed E-state index contributed by atoms with van der Waals surface area (Å²) in [6.45, 7) is 0.000118. The Morgan fingerprint density at radius 2 is 1.42 bits per heavy atom. The van der Waals surface area contributed by atoms with Crippen molar-refractivity contribution in [1.82, 2.24) is 0 Å². The molecule has 2 aliphatic heterocycles. The number of anilines is 1. The van der Waals surface area contributed by atoms with E-state index < -0.39 is 74.6 Å². The first kappa shape index (κ1) is 25.7. The summed E-state index contributed by atoms with van der Waals surface area (Å²) in [5.74, 6) is -0.0144. The van der Waals surface area contributed by atoms with Crippen LogP contribution in [-0.2, 0) is 19.0 Å². The summed E-state index contributed by atoms with van der Waals surface area (Å²) in [5, 5.41) is 72.6. The fourth-order valence-electron chi connectivity index (χ4n) is 3.61. The predicted octanol–water partition coefficient (Wildman–Crippen LogP) is -3.35. The van der Waals surface area contributed by atoms with Gasteiger partial charge in [-0.3, -0.25) is 4.79 Å². The third kappa shape index (κ3) is 5.78. The standard InChI is InChI=1S/C20H29NO12/c1-8(24)21-9-2-4-10(5-3-9)30-19-17(29)15(27)18(12(7-23)32-19)33-20-16(28)14(26)13(25)11(6-22)31-20/h2-5,11-20,22-23,25-29H,6-7H2,1H3,(H,21,24)/t11?,12?,13-,14+,15?,16-,17?,18?,19+,20-/m1/s1. The fraction of sp³-hybridized carbons (Fsp3) is 0.650. The van der Waals surface area contributed by atoms with Gasteiger partial charge in [0.05, 0.1) is 13.2 Å². The monoisotopic (exact) mass is 475 g/mol. The number of hydrogen-bond donors (Lipinski definition) is 8. The zero-order chi connectivity index (χ0) is 24.3. The SMILES string of the molecule is CC(=O)Nc1ccc(O[C@H]2OC(CO)C(O[C@H]3OC(CO)[C@@H](O)[C@H](O)[C@H]3O)C(O)C2O)cc1. The smallest absolute Gasteiger partial charge is 0.229 e. The predicted molar refractivity (Wildman–Crippen MR) is 108 cm³/mol. The number of aliphatic hydroxyl groups excluding tert-OH is 7. The van der Waals surface area contributed by atoms with Gasteiger partial charge in [0.15, 0.2) is 6.29 Å². The molecule has 1 aromatic rings. The van der Waals surface area contributed by atoms with Gasteiger partial charge >= 0.3 is 0 Å². The fourth-order valence-corrected chi connectivity index (χ4v) is 3.61. The minimum atomic E-state index is -1.75. The molecular formula is C20H29NO12. The molecular weight excluding hydrogens is 446 g/mol. The van der Waals surface area contributed by atoms with Crippen LogP contribution in [0.4, 0.5) is 5.69 Å². The molecule has 33 heavy (non-hydrogen) atoms. The van der Waals surface area contributed by atoms with Gasteiger partial charge in [0, 0.05) is 12.6 Å². The first-order chi connectivity index (χ1) is 15.7. The number of carbonyl (C=O) groups is 1. The minimum Gasteiger partial charge on any atom is -0.462 e. The molecule has 13 nitrogen and oxygen atoms in total. The number of hydrogen-bond acceptors (Lipinski definition) is 12. The van der Waals surface area contributed by atoms with Gasteiger partial charge in [-0.05, 0) is 24.3 Å². The maximum Gasteiger partial charge on any atom is 0.229 e. The van der Waals surface area contributed by atoms with Crippen LogP contribution in [0, 0.1) is 0 Å². The van der Waals surface area contributed by atoms with Gasteiger partial charge in [0.25, 0.3) is 0 Å². The number of benzene rings is 1. The highest BCUT2D eigenvalue weighted by Crippen LogP contribution is 2.30. The van der Waals surface area contributed by atoms with Crippen LogP contribution in [0.3, 0.4) is 0 Å². The van der Waals surface area contributed by atoms with Gasteiger partial charge in [-0.1, -0.05) is 0 Å². The molecule has 3 rings (SSSR count). The van der Waals surface area contributed by atoms with Crippen molar-refractivity contribution < 1.29 is 59.5 Å². The highest BCUT2D eigenvalue weighted by atomic mass is 16.7. The molecule has 2 aliphatic rings. The zero-order valence-electron chi connectivity index (χ0n) is 17.7. The molecule has 0 aromatic heterocycles. The van der Waals surface area contributed by atoms with Crippen molar-refractivity contribution in [2.75, 3.05) is 18.5 Å². The van der Waals surface area contributed by atoms with E-state index in [2.05, 4.69) is 5.32 Å². The van der Waals surface area contributed by atoms with Crippen LogP contribution in [0.5, 0.6) is 5.75 Å². The zero-order valence-corrected chi connectivity index (χ0v) is 17.7. The van der Waals surface area contributed by atoms with Crippen LogP contribution in [0.15, 0.2) is 24.3 Å². The quantitative estimate of drug-likeness (QED) is 0.195. The summed E-state index contributed by atoms with van der Waals surface area (Å²) in [4.78, 5) is 11.1. The van der Waals surface area contributed by atoms with Gasteiger partial charge < -0.3 is 60.0 Å². The highest BCUT2D eigenvalue weighted by Gasteiger charge is 2.51. The Bertz CT molecular complexity index is 775. The maximum atomic E-state index is 11.1. The molecule has 0 saturated carbocycles. The summed E-state index contributed by atoms with van der Waals surface area (Å²) in [6, 6.07) is 6.10. The van der Waals surface area contributed by atoms with Crippen molar-refractivity contribution in [3.63, 3.8) is 0 Å². The van der Waals surface area contributed by atoms with E-state index in [4.69, 9.17) is 18.9 Å². The van der Waals surface area contributed by atoms with E-state index in [1.54, 1.807) is 12.1 Å². The van der Waals surface area contributed by atoms with Gasteiger partial charge in [-0.15, -0.1) is 0 Å². The largest absolute Gasteiger partial charge is 0.462 e. The van der Waals surface area contributed by atoms with Crippen LogP contribution in [0.25, 0.3) is 0 Å². The molecule has 5 unspecified atom stereocenters. The van der Waals surface area contributed by atoms with Crippen LogP contribution >= 0.6 is 0 Å². The van der Waals surface area contributed by atoms with E-state index in [0.717, 1.165) is 0 Å². The molecule has 13 heteroatoms. The minimum absolute atomic E-state index is 0.241. The van der Waals surface area contributed by atoms with Crippen molar-refractivity contribution in [2.24, 2.45) is 0 Å². The van der Waals surface area contributed by atoms with Crippen LogP contribution in [0.2, 0.25) is 0 Å². The van der Waals surface area contributed by atoms with Gasteiger partial charge in [0.2, 0.25) is 12.2 Å². The lowest BCUT2D eigenvalue weighted by molar-refractivity contribution is -0.352. The Morgan fingerprint density at radius 3 is 2.00 bits per heavy atom. The molecule has 0 aliphatic carbocycles. The summed E-state index contributed by atoms with van der Waals surface area (Å²) in [6.07, 6.45) is -15.3. The third-order valence-electron chi connectivity index (χ3n) is 5.39. The molecule has 1 aromatic carbocycles. The lowest BCUT2D eigenvalue weighted by atomic mass is 9.97. The molecule has 2 heterocycles. The molecule has 2 saturated heterocycles. The summed E-state index contributed by atoms with van der Waals surface area (Å²) in [5.41, 5.74) is 0.515. The van der Waals surface area contributed by atoms with Crippen molar-refractivity contribution >= 4 is 11.6 Å². The number of nitrogens with one attached hydrogen (secondary N) is 1. The number of ether oxygens (including phenoxy) is 4. The summed E-state index contributed by atoms with van der Waals surface area (Å²) >= 11 is 0. The number of amides is 1. The Balaban J connectivity index is 1.68. The van der Waals surface area contributed by atoms with Gasteiger partial charge in [-0.2, -0.15) is 0 Å². The first-order valence-electron chi connectivity index (χ1n) is 10.3. The number of aliphatic hydroxyl groups is 7. The van der Waals surface area contributed by atoms with Crippen LogP contribution < -0.4 is 10.1 Å². The summed E-state index contributed by atoms with van der Waals surface area (Å²) in [7, 11) is 0. The Kier molecular flexibility index (Phi) is 8.58. The molecule has 0 radical (unpaired) electrons. The number of rotatable bonds is 7. The Labute approximate surface area is 188 Å². The summed E-state index contributed by atoms with van der Waals surface area (Å²) < 4.78 is 21.8. The average Bonchev–Trinajstić information content (AvgIpc) is 2.79. The third-order valence-corrected chi connectivity index (χ3v) is 5.39. The van der Waals surface area contributed by atoms with Crippen molar-refractivity contribution in [2.45, 2.75) is 68.3 Å². The molecule has 2 fully saturated rings. The Hall–Kier alpha value is -1.91. The molecule has 8 N–H and O–H groups in total. The maximum absolute atomic E-state index is 11.1. The molecule has 10 atom stereocenters. The van der Waals surface area contributed by atoms with E-state index >= 15 is 0 Å². The Morgan fingerprint density at radius 1 is 0.848 bits per heavy atom. The first-order valence-corrected chi connectivity index (χ1v) is 10.3. The lowest BCUT2D eigenvalue weighted by Gasteiger charge is -2.45. The van der Waals surface area contributed by atoms with Gasteiger partial charge in [-0.25, -0.2) is 0 Å². The number of carbonyl (C=O) groups excluding carboxylic acids is 1. The van der Waals surface area contributed by atoms with E-state index in [-0.39, 0.29) is 11.7 Å². The van der Waals surface area contributed by atoms with E-state index in [0.29, 0.717) is 5.69 Å². The van der Waals surface area contributed by atoms with E-state index in [1.165, 1.54) is 19.1 Å². The second-order valence-electron chi connectivity index (χ2n) is 7.83. The van der Waals surface area contributed by atoms with Crippen LogP contribution in [0.1, 0.15) is 6.92 Å². The van der Waals surface area contributed by atoms with Crippen molar-refractivity contribution in [1.29, 1.82) is 0 Å². The second-order valence-corrected chi connectivity index (χ2v) is 7.83. The highest BCUT2D eigenvalue weighted by molar-refractivity contribution is 5.88. The average molecular weight is 475 g/mol. The van der Waals surface area contributed by atoms with E-state index in [9.17, 15) is 40.5 Å². The normalized spacial score (nSPS) is 39.2. The van der Waals surface area contributed by atoms with E-state index in [1.807, 2.05) is 0 Å². The molecule has 186 valence electrons. The molecule has 0 bridgehead atoms. The second kappa shape index (κ2) is 11.0. The van der Waals surface area contributed by atoms with Crippen molar-refractivity contribution in [3.8, 4) is 5.75 Å². The van der Waals surface area contributed by atoms with Crippen LogP contribution in [-0.4, -0.2) is 116 Å². The van der Waals surface area contributed by atoms with Gasteiger partial charge in [0.1, 0.15) is 54.6 Å². The lowest BCUT2D eigenvalue weighted by Crippen LogP contribution is -2.65. The van der Waals surface area contributed by atoms with Crippen molar-refractivity contribution in [3.05, 3.63) is 24.3 Å². The molecule has 0 spiro atoms.